The predicted molar refractivity (Wildman–Crippen MR) is 49.1 cm³/mol. The number of rotatable bonds is 1. The van der Waals surface area contributed by atoms with E-state index >= 15 is 0 Å². The molecule has 0 aliphatic carbocycles. The first-order valence-electron chi connectivity index (χ1n) is 4.63. The minimum absolute atomic E-state index is 0.306. The summed E-state index contributed by atoms with van der Waals surface area (Å²) in [5.74, 6) is 0. The van der Waals surface area contributed by atoms with Crippen molar-refractivity contribution in [2.45, 2.75) is 24.6 Å². The first kappa shape index (κ1) is 8.96. The number of ether oxygens (including phenoxy) is 1. The maximum atomic E-state index is 5.73. The molecule has 1 aliphatic rings. The second kappa shape index (κ2) is 3.27. The molecule has 1 aliphatic heterocycles. The molecule has 1 atom stereocenters. The second-order valence-corrected chi connectivity index (χ2v) is 4.36. The van der Waals surface area contributed by atoms with Gasteiger partial charge in [0.05, 0.1) is 13.7 Å². The van der Waals surface area contributed by atoms with Gasteiger partial charge < -0.3 is 4.74 Å². The summed E-state index contributed by atoms with van der Waals surface area (Å²) in [5.41, 5.74) is 0. The van der Waals surface area contributed by atoms with Crippen molar-refractivity contribution in [1.82, 2.24) is 4.57 Å². The van der Waals surface area contributed by atoms with Gasteiger partial charge >= 0.3 is 0 Å². The van der Waals surface area contributed by atoms with E-state index in [4.69, 9.17) is 4.74 Å². The van der Waals surface area contributed by atoms with Crippen molar-refractivity contribution in [3.8, 4) is 0 Å². The van der Waals surface area contributed by atoms with Crippen LogP contribution in [0.25, 0.3) is 0 Å². The van der Waals surface area contributed by atoms with Gasteiger partial charge in [0.15, 0.2) is 5.35 Å². The fourth-order valence-electron chi connectivity index (χ4n) is 1.65. The third kappa shape index (κ3) is 1.69. The van der Waals surface area contributed by atoms with Crippen LogP contribution in [0.1, 0.15) is 19.3 Å². The van der Waals surface area contributed by atoms with E-state index in [-0.39, 0.29) is 5.35 Å². The quantitative estimate of drug-likeness (QED) is 0.464. The number of imidazole rings is 1. The summed E-state index contributed by atoms with van der Waals surface area (Å²) in [6.07, 6.45) is 9.47. The molecular formula is C9H14N2OSi+. The van der Waals surface area contributed by atoms with E-state index in [2.05, 4.69) is 14.8 Å². The van der Waals surface area contributed by atoms with Crippen LogP contribution in [0.4, 0.5) is 0 Å². The molecule has 1 fully saturated rings. The third-order valence-electron chi connectivity index (χ3n) is 2.44. The molecule has 1 aromatic heterocycles. The van der Waals surface area contributed by atoms with Crippen LogP contribution in [-0.2, 0) is 17.1 Å². The number of hydrogen-bond acceptors (Lipinski definition) is 1. The van der Waals surface area contributed by atoms with E-state index in [1.165, 1.54) is 12.8 Å². The molecule has 69 valence electrons. The normalized spacial score (nSPS) is 29.1. The lowest BCUT2D eigenvalue weighted by atomic mass is 10.2. The van der Waals surface area contributed by atoms with Crippen LogP contribution >= 0.6 is 0 Å². The maximum Gasteiger partial charge on any atom is 0.245 e. The van der Waals surface area contributed by atoms with E-state index in [0.29, 0.717) is 0 Å². The van der Waals surface area contributed by atoms with Crippen molar-refractivity contribution in [1.29, 1.82) is 0 Å². The summed E-state index contributed by atoms with van der Waals surface area (Å²) in [7, 11) is 5.71. The van der Waals surface area contributed by atoms with E-state index in [1.807, 2.05) is 30.3 Å². The Morgan fingerprint density at radius 2 is 2.38 bits per heavy atom. The Labute approximate surface area is 81.7 Å². The molecule has 0 aromatic carbocycles. The zero-order chi connectivity index (χ0) is 9.31. The maximum absolute atomic E-state index is 5.73. The highest BCUT2D eigenvalue weighted by Gasteiger charge is 2.33. The zero-order valence-corrected chi connectivity index (χ0v) is 8.86. The topological polar surface area (TPSA) is 18.0 Å². The van der Waals surface area contributed by atoms with Crippen LogP contribution in [0.15, 0.2) is 18.7 Å². The van der Waals surface area contributed by atoms with Crippen LogP contribution in [0, 0.1) is 0 Å². The molecule has 0 saturated carbocycles. The fourth-order valence-corrected chi connectivity index (χ4v) is 2.06. The highest BCUT2D eigenvalue weighted by Crippen LogP contribution is 2.25. The number of nitrogens with zero attached hydrogens (tertiary/aromatic N) is 2. The van der Waals surface area contributed by atoms with Gasteiger partial charge in [-0.15, -0.1) is 0 Å². The summed E-state index contributed by atoms with van der Waals surface area (Å²) >= 11 is 0. The molecule has 4 heteroatoms. The molecule has 2 heterocycles. The SMILES string of the molecule is C[n+]1ccn(C2([Si])CCCCO2)c1. The molecule has 1 aromatic rings. The molecular weight excluding hydrogens is 180 g/mol. The molecule has 0 N–H and O–H groups in total. The van der Waals surface area contributed by atoms with Gasteiger partial charge in [-0.25, -0.2) is 9.13 Å². The van der Waals surface area contributed by atoms with Crippen LogP contribution < -0.4 is 4.57 Å². The minimum atomic E-state index is -0.306. The fraction of sp³-hybridized carbons (Fsp3) is 0.667. The molecule has 0 spiro atoms. The van der Waals surface area contributed by atoms with Crippen molar-refractivity contribution in [2.75, 3.05) is 6.61 Å². The number of aromatic nitrogens is 2. The summed E-state index contributed by atoms with van der Waals surface area (Å²) in [6, 6.07) is 0. The Hall–Kier alpha value is -0.613. The van der Waals surface area contributed by atoms with Gasteiger partial charge in [-0.1, -0.05) is 0 Å². The first-order chi connectivity index (χ1) is 6.21. The van der Waals surface area contributed by atoms with Gasteiger partial charge in [-0.3, -0.25) is 0 Å². The summed E-state index contributed by atoms with van der Waals surface area (Å²) < 4.78 is 9.81. The largest absolute Gasteiger partial charge is 0.341 e. The number of hydrogen-bond donors (Lipinski definition) is 0. The molecule has 3 nitrogen and oxygen atoms in total. The summed E-state index contributed by atoms with van der Waals surface area (Å²) in [6.45, 7) is 0.839. The summed E-state index contributed by atoms with van der Waals surface area (Å²) in [4.78, 5) is 0. The van der Waals surface area contributed by atoms with Gasteiger partial charge in [0.1, 0.15) is 22.6 Å². The van der Waals surface area contributed by atoms with Gasteiger partial charge in [-0.05, 0) is 12.8 Å². The molecule has 0 bridgehead atoms. The van der Waals surface area contributed by atoms with Crippen molar-refractivity contribution in [3.63, 3.8) is 0 Å². The highest BCUT2D eigenvalue weighted by atomic mass is 28.1. The second-order valence-electron chi connectivity index (χ2n) is 3.58. The molecule has 3 radical (unpaired) electrons. The Kier molecular flexibility index (Phi) is 2.25. The lowest BCUT2D eigenvalue weighted by Gasteiger charge is -2.30. The van der Waals surface area contributed by atoms with Crippen molar-refractivity contribution >= 4 is 10.2 Å². The van der Waals surface area contributed by atoms with E-state index in [0.717, 1.165) is 13.0 Å². The third-order valence-corrected chi connectivity index (χ3v) is 3.09. The van der Waals surface area contributed by atoms with E-state index < -0.39 is 0 Å². The van der Waals surface area contributed by atoms with Gasteiger partial charge in [0.25, 0.3) is 0 Å². The highest BCUT2D eigenvalue weighted by molar-refractivity contribution is 6.12. The monoisotopic (exact) mass is 194 g/mol. The molecule has 0 amide bonds. The van der Waals surface area contributed by atoms with Crippen LogP contribution in [-0.4, -0.2) is 21.4 Å². The standard InChI is InChI=1S/C9H14N2OSi/c1-10-5-6-11(8-10)9(13)4-2-3-7-12-9/h5-6,8H,2-4,7H2,1H3/q+1. The van der Waals surface area contributed by atoms with Crippen molar-refractivity contribution in [3.05, 3.63) is 18.7 Å². The average molecular weight is 194 g/mol. The average Bonchev–Trinajstić information content (AvgIpc) is 2.54. The number of aryl methyl sites for hydroxylation is 1. The minimum Gasteiger partial charge on any atom is -0.341 e. The van der Waals surface area contributed by atoms with Crippen LogP contribution in [0.3, 0.4) is 0 Å². The van der Waals surface area contributed by atoms with E-state index in [1.54, 1.807) is 0 Å². The lowest BCUT2D eigenvalue weighted by Crippen LogP contribution is -2.40. The van der Waals surface area contributed by atoms with Gasteiger partial charge in [-0.2, -0.15) is 0 Å². The lowest BCUT2D eigenvalue weighted by molar-refractivity contribution is -0.671. The van der Waals surface area contributed by atoms with Crippen LogP contribution in [0.2, 0.25) is 0 Å². The van der Waals surface area contributed by atoms with Crippen molar-refractivity contribution < 1.29 is 9.30 Å². The van der Waals surface area contributed by atoms with Crippen LogP contribution in [0.5, 0.6) is 0 Å². The molecule has 13 heavy (non-hydrogen) atoms. The van der Waals surface area contributed by atoms with Crippen molar-refractivity contribution in [2.24, 2.45) is 7.05 Å². The van der Waals surface area contributed by atoms with Gasteiger partial charge in [0, 0.05) is 6.42 Å². The van der Waals surface area contributed by atoms with E-state index in [9.17, 15) is 0 Å². The molecule has 2 rings (SSSR count). The molecule has 1 unspecified atom stereocenters. The summed E-state index contributed by atoms with van der Waals surface area (Å²) in [5, 5.41) is -0.306. The first-order valence-corrected chi connectivity index (χ1v) is 5.13. The molecule has 1 saturated heterocycles. The predicted octanol–water partition coefficient (Wildman–Crippen LogP) is 0.292. The Bertz CT molecular complexity index is 292. The van der Waals surface area contributed by atoms with Gasteiger partial charge in [0.2, 0.25) is 6.33 Å². The Morgan fingerprint density at radius 3 is 2.92 bits per heavy atom. The smallest absolute Gasteiger partial charge is 0.245 e. The Morgan fingerprint density at radius 1 is 1.54 bits per heavy atom. The Balaban J connectivity index is 2.22. The zero-order valence-electron chi connectivity index (χ0n) is 7.86.